The summed E-state index contributed by atoms with van der Waals surface area (Å²) in [5.74, 6) is 1.60. The average Bonchev–Trinajstić information content (AvgIpc) is 3.31. The second-order valence-electron chi connectivity index (χ2n) is 7.13. The van der Waals surface area contributed by atoms with E-state index in [1.54, 1.807) is 14.2 Å². The maximum Gasteiger partial charge on any atom is 0.245 e. The average molecular weight is 367 g/mol. The molecule has 0 saturated carbocycles. The van der Waals surface area contributed by atoms with Crippen molar-refractivity contribution < 1.29 is 14.3 Å². The molecule has 2 heterocycles. The third-order valence-electron chi connectivity index (χ3n) is 5.46. The van der Waals surface area contributed by atoms with E-state index in [9.17, 15) is 4.79 Å². The molecule has 0 radical (unpaired) electrons. The molecule has 3 unspecified atom stereocenters. The third kappa shape index (κ3) is 3.15. The summed E-state index contributed by atoms with van der Waals surface area (Å²) >= 11 is 0. The topological polar surface area (TPSA) is 62.8 Å². The number of anilines is 1. The van der Waals surface area contributed by atoms with Gasteiger partial charge in [-0.15, -0.1) is 0 Å². The number of hydrogen-bond acceptors (Lipinski definition) is 5. The normalized spacial score (nSPS) is 24.0. The van der Waals surface area contributed by atoms with E-state index in [1.807, 2.05) is 41.3 Å². The Morgan fingerprint density at radius 2 is 1.93 bits per heavy atom. The van der Waals surface area contributed by atoms with Gasteiger partial charge in [0, 0.05) is 23.4 Å². The SMILES string of the molecule is COc1ccc(C2CC(C(=O)N3c4ccccc4CC3C)NN2)c(OC)c1. The predicted octanol–water partition coefficient (Wildman–Crippen LogP) is 2.59. The number of ether oxygens (including phenoxy) is 2. The van der Waals surface area contributed by atoms with Gasteiger partial charge in [0.2, 0.25) is 5.91 Å². The van der Waals surface area contributed by atoms with Crippen LogP contribution in [0.15, 0.2) is 42.5 Å². The summed E-state index contributed by atoms with van der Waals surface area (Å²) in [6.07, 6.45) is 1.56. The molecule has 4 rings (SSSR count). The molecule has 2 aromatic rings. The maximum atomic E-state index is 13.2. The lowest BCUT2D eigenvalue weighted by Gasteiger charge is -2.25. The maximum absolute atomic E-state index is 13.2. The first-order valence-corrected chi connectivity index (χ1v) is 9.26. The summed E-state index contributed by atoms with van der Waals surface area (Å²) in [6.45, 7) is 2.10. The molecule has 27 heavy (non-hydrogen) atoms. The van der Waals surface area contributed by atoms with Gasteiger partial charge in [-0.2, -0.15) is 0 Å². The molecule has 6 nitrogen and oxygen atoms in total. The lowest BCUT2D eigenvalue weighted by molar-refractivity contribution is -0.120. The zero-order chi connectivity index (χ0) is 19.0. The first-order valence-electron chi connectivity index (χ1n) is 9.26. The highest BCUT2D eigenvalue weighted by atomic mass is 16.5. The molecule has 2 aliphatic rings. The van der Waals surface area contributed by atoms with Crippen LogP contribution in [0.3, 0.4) is 0 Å². The molecule has 1 fully saturated rings. The number of carbonyl (C=O) groups is 1. The van der Waals surface area contributed by atoms with Crippen molar-refractivity contribution in [3.05, 3.63) is 53.6 Å². The van der Waals surface area contributed by atoms with E-state index in [0.29, 0.717) is 6.42 Å². The zero-order valence-electron chi connectivity index (χ0n) is 15.9. The molecule has 2 aliphatic heterocycles. The Balaban J connectivity index is 1.53. The third-order valence-corrected chi connectivity index (χ3v) is 5.46. The van der Waals surface area contributed by atoms with Gasteiger partial charge in [-0.25, -0.2) is 10.9 Å². The van der Waals surface area contributed by atoms with Crippen molar-refractivity contribution in [2.45, 2.75) is 37.9 Å². The fraction of sp³-hybridized carbons (Fsp3) is 0.381. The van der Waals surface area contributed by atoms with Crippen LogP contribution in [0, 0.1) is 0 Å². The smallest absolute Gasteiger partial charge is 0.245 e. The number of amides is 1. The van der Waals surface area contributed by atoms with Gasteiger partial charge < -0.3 is 14.4 Å². The summed E-state index contributed by atoms with van der Waals surface area (Å²) in [5.41, 5.74) is 9.72. The second kappa shape index (κ2) is 7.21. The Bertz CT molecular complexity index is 854. The number of carbonyl (C=O) groups excluding carboxylic acids is 1. The van der Waals surface area contributed by atoms with E-state index in [2.05, 4.69) is 23.8 Å². The standard InChI is InChI=1S/C21H25N3O3/c1-13-10-14-6-4-5-7-19(14)24(13)21(25)18-12-17(22-23-18)16-9-8-15(26-2)11-20(16)27-3/h4-9,11,13,17-18,22-23H,10,12H2,1-3H3. The van der Waals surface area contributed by atoms with Gasteiger partial charge in [0.05, 0.1) is 20.3 Å². The van der Waals surface area contributed by atoms with Gasteiger partial charge in [0.1, 0.15) is 17.5 Å². The van der Waals surface area contributed by atoms with Gasteiger partial charge >= 0.3 is 0 Å². The minimum absolute atomic E-state index is 0.00652. The Kier molecular flexibility index (Phi) is 4.76. The summed E-state index contributed by atoms with van der Waals surface area (Å²) < 4.78 is 10.8. The summed E-state index contributed by atoms with van der Waals surface area (Å²) in [4.78, 5) is 15.2. The number of nitrogens with one attached hydrogen (secondary N) is 2. The Hall–Kier alpha value is -2.57. The fourth-order valence-electron chi connectivity index (χ4n) is 4.10. The monoisotopic (exact) mass is 367 g/mol. The molecule has 3 atom stereocenters. The van der Waals surface area contributed by atoms with Crippen molar-refractivity contribution in [3.63, 3.8) is 0 Å². The van der Waals surface area contributed by atoms with E-state index >= 15 is 0 Å². The highest BCUT2D eigenvalue weighted by Crippen LogP contribution is 2.36. The van der Waals surface area contributed by atoms with Crippen LogP contribution in [-0.4, -0.2) is 32.2 Å². The summed E-state index contributed by atoms with van der Waals surface area (Å²) in [6, 6.07) is 13.8. The minimum atomic E-state index is -0.282. The van der Waals surface area contributed by atoms with Gasteiger partial charge in [-0.05, 0) is 37.5 Å². The predicted molar refractivity (Wildman–Crippen MR) is 104 cm³/mol. The number of hydrogen-bond donors (Lipinski definition) is 2. The van der Waals surface area contributed by atoms with Crippen LogP contribution in [0.2, 0.25) is 0 Å². The van der Waals surface area contributed by atoms with E-state index in [1.165, 1.54) is 5.56 Å². The number of benzene rings is 2. The minimum Gasteiger partial charge on any atom is -0.497 e. The number of nitrogens with zero attached hydrogens (tertiary/aromatic N) is 1. The summed E-state index contributed by atoms with van der Waals surface area (Å²) in [5, 5.41) is 0. The van der Waals surface area contributed by atoms with Gasteiger partial charge in [0.15, 0.2) is 0 Å². The first kappa shape index (κ1) is 17.8. The number of hydrazine groups is 1. The lowest BCUT2D eigenvalue weighted by Crippen LogP contribution is -2.47. The van der Waals surface area contributed by atoms with Gasteiger partial charge in [0.25, 0.3) is 0 Å². The van der Waals surface area contributed by atoms with Crippen LogP contribution in [0.5, 0.6) is 11.5 Å². The number of rotatable bonds is 4. The van der Waals surface area contributed by atoms with Crippen molar-refractivity contribution in [1.29, 1.82) is 0 Å². The Morgan fingerprint density at radius 3 is 2.70 bits per heavy atom. The molecular weight excluding hydrogens is 342 g/mol. The molecule has 2 N–H and O–H groups in total. The van der Waals surface area contributed by atoms with Crippen LogP contribution >= 0.6 is 0 Å². The van der Waals surface area contributed by atoms with E-state index < -0.39 is 0 Å². The largest absolute Gasteiger partial charge is 0.497 e. The molecule has 0 spiro atoms. The number of para-hydroxylation sites is 1. The van der Waals surface area contributed by atoms with E-state index in [4.69, 9.17) is 9.47 Å². The number of fused-ring (bicyclic) bond motifs is 1. The highest BCUT2D eigenvalue weighted by Gasteiger charge is 2.38. The first-order chi connectivity index (χ1) is 13.1. The zero-order valence-corrected chi connectivity index (χ0v) is 15.9. The van der Waals surface area contributed by atoms with Crippen molar-refractivity contribution in [3.8, 4) is 11.5 Å². The number of methoxy groups -OCH3 is 2. The fourth-order valence-corrected chi connectivity index (χ4v) is 4.10. The molecule has 6 heteroatoms. The Labute approximate surface area is 159 Å². The van der Waals surface area contributed by atoms with E-state index in [0.717, 1.165) is 29.2 Å². The second-order valence-corrected chi connectivity index (χ2v) is 7.13. The van der Waals surface area contributed by atoms with Crippen LogP contribution in [0.4, 0.5) is 5.69 Å². The van der Waals surface area contributed by atoms with Gasteiger partial charge in [-0.3, -0.25) is 4.79 Å². The Morgan fingerprint density at radius 1 is 1.11 bits per heavy atom. The van der Waals surface area contributed by atoms with Crippen LogP contribution < -0.4 is 25.2 Å². The molecule has 0 aliphatic carbocycles. The molecule has 2 aromatic carbocycles. The van der Waals surface area contributed by atoms with Gasteiger partial charge in [-0.1, -0.05) is 24.3 Å². The lowest BCUT2D eigenvalue weighted by atomic mass is 10.00. The van der Waals surface area contributed by atoms with Crippen LogP contribution in [-0.2, 0) is 11.2 Å². The molecule has 142 valence electrons. The van der Waals surface area contributed by atoms with Crippen molar-refractivity contribution in [2.24, 2.45) is 0 Å². The van der Waals surface area contributed by atoms with Crippen molar-refractivity contribution in [1.82, 2.24) is 10.9 Å². The van der Waals surface area contributed by atoms with Crippen LogP contribution in [0.25, 0.3) is 0 Å². The van der Waals surface area contributed by atoms with Crippen molar-refractivity contribution in [2.75, 3.05) is 19.1 Å². The highest BCUT2D eigenvalue weighted by molar-refractivity contribution is 5.99. The summed E-state index contributed by atoms with van der Waals surface area (Å²) in [7, 11) is 3.28. The quantitative estimate of drug-likeness (QED) is 0.870. The molecule has 1 amide bonds. The molecular formula is C21H25N3O3. The molecule has 1 saturated heterocycles. The van der Waals surface area contributed by atoms with Crippen molar-refractivity contribution >= 4 is 11.6 Å². The molecule has 0 bridgehead atoms. The van der Waals surface area contributed by atoms with Crippen LogP contribution in [0.1, 0.15) is 30.5 Å². The molecule has 0 aromatic heterocycles. The van der Waals surface area contributed by atoms with E-state index in [-0.39, 0.29) is 24.0 Å².